The van der Waals surface area contributed by atoms with Gasteiger partial charge in [0.15, 0.2) is 0 Å². The molecule has 0 aliphatic heterocycles. The highest BCUT2D eigenvalue weighted by molar-refractivity contribution is 6.21. The predicted octanol–water partition coefficient (Wildman–Crippen LogP) is 6.48. The van der Waals surface area contributed by atoms with Crippen LogP contribution in [0.25, 0.3) is 0 Å². The van der Waals surface area contributed by atoms with E-state index in [1.54, 1.807) is 0 Å². The van der Waals surface area contributed by atoms with E-state index >= 15 is 0 Å². The van der Waals surface area contributed by atoms with Gasteiger partial charge in [-0.05, 0) is 92.7 Å². The van der Waals surface area contributed by atoms with Crippen molar-refractivity contribution in [2.75, 3.05) is 0 Å². The summed E-state index contributed by atoms with van der Waals surface area (Å²) < 4.78 is 0. The van der Waals surface area contributed by atoms with Crippen molar-refractivity contribution in [3.8, 4) is 0 Å². The standard InChI is InChI=1S/C19H29Cl/c1-7-19(10-8-9-11-19)18(20)17-15(5)13(3)12(2)14(4)16(17)6/h18H,7-11H2,1-6H3. The molecule has 1 atom stereocenters. The highest BCUT2D eigenvalue weighted by Gasteiger charge is 2.41. The molecule has 0 nitrogen and oxygen atoms in total. The van der Waals surface area contributed by atoms with E-state index in [4.69, 9.17) is 11.6 Å². The molecule has 0 aromatic heterocycles. The number of halogens is 1. The molecule has 1 unspecified atom stereocenters. The topological polar surface area (TPSA) is 0 Å². The number of hydrogen-bond acceptors (Lipinski definition) is 0. The zero-order valence-electron chi connectivity index (χ0n) is 14.0. The summed E-state index contributed by atoms with van der Waals surface area (Å²) in [5.74, 6) is 0. The molecule has 1 aliphatic carbocycles. The molecule has 20 heavy (non-hydrogen) atoms. The maximum absolute atomic E-state index is 7.08. The van der Waals surface area contributed by atoms with Gasteiger partial charge in [0.25, 0.3) is 0 Å². The van der Waals surface area contributed by atoms with Crippen LogP contribution >= 0.6 is 11.6 Å². The van der Waals surface area contributed by atoms with Gasteiger partial charge < -0.3 is 0 Å². The Balaban J connectivity index is 2.58. The van der Waals surface area contributed by atoms with Crippen LogP contribution in [0.5, 0.6) is 0 Å². The fraction of sp³-hybridized carbons (Fsp3) is 0.684. The number of rotatable bonds is 3. The van der Waals surface area contributed by atoms with Crippen LogP contribution in [-0.2, 0) is 0 Å². The second-order valence-electron chi connectivity index (χ2n) is 6.82. The smallest absolute Gasteiger partial charge is 0.0646 e. The molecule has 1 fully saturated rings. The third-order valence-corrected chi connectivity index (χ3v) is 6.83. The summed E-state index contributed by atoms with van der Waals surface area (Å²) in [5, 5.41) is 0.174. The van der Waals surface area contributed by atoms with Crippen molar-refractivity contribution in [1.29, 1.82) is 0 Å². The van der Waals surface area contributed by atoms with Gasteiger partial charge in [0.05, 0.1) is 5.38 Å². The quantitative estimate of drug-likeness (QED) is 0.559. The van der Waals surface area contributed by atoms with Crippen molar-refractivity contribution in [3.63, 3.8) is 0 Å². The predicted molar refractivity (Wildman–Crippen MR) is 89.9 cm³/mol. The van der Waals surface area contributed by atoms with E-state index in [1.807, 2.05) is 0 Å². The average Bonchev–Trinajstić information content (AvgIpc) is 2.93. The van der Waals surface area contributed by atoms with Crippen LogP contribution < -0.4 is 0 Å². The van der Waals surface area contributed by atoms with Crippen LogP contribution in [0.4, 0.5) is 0 Å². The van der Waals surface area contributed by atoms with Crippen molar-refractivity contribution in [1.82, 2.24) is 0 Å². The molecule has 112 valence electrons. The third kappa shape index (κ3) is 2.30. The lowest BCUT2D eigenvalue weighted by Gasteiger charge is -2.36. The normalized spacial score (nSPS) is 19.4. The molecule has 1 aromatic carbocycles. The largest absolute Gasteiger partial charge is 0.117 e. The van der Waals surface area contributed by atoms with E-state index in [2.05, 4.69) is 41.5 Å². The minimum absolute atomic E-state index is 0.174. The van der Waals surface area contributed by atoms with Crippen molar-refractivity contribution >= 4 is 11.6 Å². The van der Waals surface area contributed by atoms with E-state index in [0.29, 0.717) is 5.41 Å². The number of benzene rings is 1. The Bertz CT molecular complexity index is 478. The van der Waals surface area contributed by atoms with Gasteiger partial charge in [0.2, 0.25) is 0 Å². The average molecular weight is 293 g/mol. The maximum atomic E-state index is 7.08. The van der Waals surface area contributed by atoms with Gasteiger partial charge in [0.1, 0.15) is 0 Å². The van der Waals surface area contributed by atoms with Crippen LogP contribution in [-0.4, -0.2) is 0 Å². The summed E-state index contributed by atoms with van der Waals surface area (Å²) in [4.78, 5) is 0. The van der Waals surface area contributed by atoms with Crippen LogP contribution in [0, 0.1) is 40.0 Å². The molecule has 2 rings (SSSR count). The summed E-state index contributed by atoms with van der Waals surface area (Å²) in [5.41, 5.74) is 8.89. The maximum Gasteiger partial charge on any atom is 0.0646 e. The minimum Gasteiger partial charge on any atom is -0.117 e. The Morgan fingerprint density at radius 2 is 1.25 bits per heavy atom. The lowest BCUT2D eigenvalue weighted by molar-refractivity contribution is 0.270. The Labute approximate surface area is 129 Å². The molecule has 0 amide bonds. The Hall–Kier alpha value is -0.490. The van der Waals surface area contributed by atoms with Crippen LogP contribution in [0.1, 0.15) is 77.8 Å². The zero-order valence-corrected chi connectivity index (χ0v) is 14.7. The Kier molecular flexibility index (Phi) is 4.54. The van der Waals surface area contributed by atoms with Crippen LogP contribution in [0.15, 0.2) is 0 Å². The molecule has 0 bridgehead atoms. The second-order valence-corrected chi connectivity index (χ2v) is 7.26. The third-order valence-electron chi connectivity index (χ3n) is 6.15. The van der Waals surface area contributed by atoms with Crippen molar-refractivity contribution < 1.29 is 0 Å². The summed E-state index contributed by atoms with van der Waals surface area (Å²) in [6.45, 7) is 13.6. The van der Waals surface area contributed by atoms with E-state index in [-0.39, 0.29) is 5.38 Å². The molecule has 1 saturated carbocycles. The van der Waals surface area contributed by atoms with E-state index < -0.39 is 0 Å². The zero-order chi connectivity index (χ0) is 15.1. The van der Waals surface area contributed by atoms with Crippen molar-refractivity contribution in [2.45, 2.75) is 79.0 Å². The number of alkyl halides is 1. The highest BCUT2D eigenvalue weighted by Crippen LogP contribution is 2.54. The van der Waals surface area contributed by atoms with Gasteiger partial charge >= 0.3 is 0 Å². The minimum atomic E-state index is 0.174. The molecule has 0 saturated heterocycles. The van der Waals surface area contributed by atoms with E-state index in [1.165, 1.54) is 65.5 Å². The fourth-order valence-corrected chi connectivity index (χ4v) is 4.78. The highest BCUT2D eigenvalue weighted by atomic mass is 35.5. The molecule has 0 N–H and O–H groups in total. The molecular formula is C19H29Cl. The molecule has 1 heteroatoms. The van der Waals surface area contributed by atoms with Gasteiger partial charge in [-0.1, -0.05) is 19.8 Å². The summed E-state index contributed by atoms with van der Waals surface area (Å²) in [7, 11) is 0. The SMILES string of the molecule is CCC1(C(Cl)c2c(C)c(C)c(C)c(C)c2C)CCCC1. The van der Waals surface area contributed by atoms with Crippen LogP contribution in [0.2, 0.25) is 0 Å². The molecule has 0 radical (unpaired) electrons. The van der Waals surface area contributed by atoms with Gasteiger partial charge in [-0.25, -0.2) is 0 Å². The van der Waals surface area contributed by atoms with Crippen molar-refractivity contribution in [2.24, 2.45) is 5.41 Å². The van der Waals surface area contributed by atoms with Gasteiger partial charge in [0, 0.05) is 0 Å². The van der Waals surface area contributed by atoms with Gasteiger partial charge in [-0.2, -0.15) is 0 Å². The molecule has 0 heterocycles. The van der Waals surface area contributed by atoms with E-state index in [9.17, 15) is 0 Å². The lowest BCUT2D eigenvalue weighted by atomic mass is 9.74. The monoisotopic (exact) mass is 292 g/mol. The first kappa shape index (κ1) is 15.9. The number of hydrogen-bond donors (Lipinski definition) is 0. The van der Waals surface area contributed by atoms with Gasteiger partial charge in [-0.15, -0.1) is 11.6 Å². The first-order chi connectivity index (χ1) is 9.35. The summed E-state index contributed by atoms with van der Waals surface area (Å²) in [6, 6.07) is 0. The lowest BCUT2D eigenvalue weighted by Crippen LogP contribution is -2.23. The fourth-order valence-electron chi connectivity index (χ4n) is 4.08. The van der Waals surface area contributed by atoms with Crippen LogP contribution in [0.3, 0.4) is 0 Å². The molecule has 0 spiro atoms. The van der Waals surface area contributed by atoms with Gasteiger partial charge in [-0.3, -0.25) is 0 Å². The molecule has 1 aromatic rings. The van der Waals surface area contributed by atoms with Crippen molar-refractivity contribution in [3.05, 3.63) is 33.4 Å². The summed E-state index contributed by atoms with van der Waals surface area (Å²) >= 11 is 7.08. The summed E-state index contributed by atoms with van der Waals surface area (Å²) in [6.07, 6.45) is 6.48. The molecular weight excluding hydrogens is 264 g/mol. The Morgan fingerprint density at radius 1 is 0.850 bits per heavy atom. The first-order valence-electron chi connectivity index (χ1n) is 8.06. The first-order valence-corrected chi connectivity index (χ1v) is 8.50. The second kappa shape index (κ2) is 5.72. The molecule has 1 aliphatic rings. The Morgan fingerprint density at radius 3 is 1.65 bits per heavy atom. The van der Waals surface area contributed by atoms with E-state index in [0.717, 1.165) is 0 Å².